The Hall–Kier alpha value is -4.05. The predicted octanol–water partition coefficient (Wildman–Crippen LogP) is 4.68. The first-order valence-corrected chi connectivity index (χ1v) is 15.5. The molecule has 0 saturated heterocycles. The number of methoxy groups -OCH3 is 2. The minimum Gasteiger partial charge on any atom is -0.493 e. The van der Waals surface area contributed by atoms with E-state index in [2.05, 4.69) is 5.32 Å². The highest BCUT2D eigenvalue weighted by molar-refractivity contribution is 7.92. The Bertz CT molecular complexity index is 1470. The first-order valence-electron chi connectivity index (χ1n) is 14.1. The highest BCUT2D eigenvalue weighted by Crippen LogP contribution is 2.34. The minimum atomic E-state index is -4.19. The van der Waals surface area contributed by atoms with Gasteiger partial charge in [0.05, 0.1) is 24.8 Å². The zero-order valence-electron chi connectivity index (χ0n) is 24.6. The van der Waals surface area contributed by atoms with E-state index in [9.17, 15) is 18.0 Å². The molecule has 0 aromatic heterocycles. The topological polar surface area (TPSA) is 105 Å². The van der Waals surface area contributed by atoms with Gasteiger partial charge in [0.25, 0.3) is 10.0 Å². The van der Waals surface area contributed by atoms with E-state index in [0.29, 0.717) is 11.5 Å². The molecule has 1 atom stereocenters. The molecule has 2 amide bonds. The Morgan fingerprint density at radius 2 is 1.57 bits per heavy atom. The van der Waals surface area contributed by atoms with E-state index in [4.69, 9.17) is 9.47 Å². The van der Waals surface area contributed by atoms with Crippen LogP contribution in [0.2, 0.25) is 0 Å². The SMILES string of the molecule is COc1ccc(N(CC(=O)N(Cc2ccccc2)[C@@H](C)C(=O)NC2CCCC2)S(=O)(=O)c2ccc(C)cc2)cc1OC. The molecule has 0 radical (unpaired) electrons. The van der Waals surface area contributed by atoms with Gasteiger partial charge in [-0.2, -0.15) is 0 Å². The zero-order chi connectivity index (χ0) is 30.3. The summed E-state index contributed by atoms with van der Waals surface area (Å²) in [4.78, 5) is 28.9. The molecule has 0 aliphatic heterocycles. The second-order valence-electron chi connectivity index (χ2n) is 10.5. The Morgan fingerprint density at radius 1 is 0.929 bits per heavy atom. The lowest BCUT2D eigenvalue weighted by atomic mass is 10.1. The van der Waals surface area contributed by atoms with E-state index >= 15 is 0 Å². The van der Waals surface area contributed by atoms with Crippen LogP contribution in [0, 0.1) is 6.92 Å². The summed E-state index contributed by atoms with van der Waals surface area (Å²) in [7, 11) is -1.25. The molecule has 1 aliphatic rings. The first kappa shape index (κ1) is 30.9. The number of benzene rings is 3. The Labute approximate surface area is 248 Å². The number of ether oxygens (including phenoxy) is 2. The summed E-state index contributed by atoms with van der Waals surface area (Å²) in [5.74, 6) is -0.0381. The average molecular weight is 594 g/mol. The number of nitrogens with one attached hydrogen (secondary N) is 1. The van der Waals surface area contributed by atoms with Crippen molar-refractivity contribution in [3.05, 3.63) is 83.9 Å². The maximum Gasteiger partial charge on any atom is 0.264 e. The number of hydrogen-bond donors (Lipinski definition) is 1. The second kappa shape index (κ2) is 13.7. The molecule has 3 aromatic carbocycles. The molecule has 9 nitrogen and oxygen atoms in total. The van der Waals surface area contributed by atoms with Crippen molar-refractivity contribution >= 4 is 27.5 Å². The molecule has 3 aromatic rings. The first-order chi connectivity index (χ1) is 20.1. The largest absolute Gasteiger partial charge is 0.493 e. The van der Waals surface area contributed by atoms with Crippen molar-refractivity contribution in [2.75, 3.05) is 25.1 Å². The van der Waals surface area contributed by atoms with E-state index in [1.807, 2.05) is 37.3 Å². The van der Waals surface area contributed by atoms with Gasteiger partial charge in [0.1, 0.15) is 12.6 Å². The van der Waals surface area contributed by atoms with Crippen molar-refractivity contribution in [3.63, 3.8) is 0 Å². The lowest BCUT2D eigenvalue weighted by molar-refractivity contribution is -0.139. The number of anilines is 1. The number of sulfonamides is 1. The Balaban J connectivity index is 1.72. The molecule has 0 bridgehead atoms. The number of aryl methyl sites for hydroxylation is 1. The fraction of sp³-hybridized carbons (Fsp3) is 0.375. The van der Waals surface area contributed by atoms with Crippen LogP contribution in [0.1, 0.15) is 43.7 Å². The fourth-order valence-electron chi connectivity index (χ4n) is 5.10. The quantitative estimate of drug-likeness (QED) is 0.327. The molecule has 1 saturated carbocycles. The maximum atomic E-state index is 14.1. The molecule has 0 unspecified atom stereocenters. The summed E-state index contributed by atoms with van der Waals surface area (Å²) in [6, 6.07) is 19.7. The fourth-order valence-corrected chi connectivity index (χ4v) is 6.51. The van der Waals surface area contributed by atoms with Gasteiger partial charge in [-0.15, -0.1) is 0 Å². The summed E-state index contributed by atoms with van der Waals surface area (Å²) in [6.07, 6.45) is 3.94. The van der Waals surface area contributed by atoms with Crippen molar-refractivity contribution in [3.8, 4) is 11.5 Å². The normalized spacial score (nSPS) is 14.2. The highest BCUT2D eigenvalue weighted by atomic mass is 32.2. The van der Waals surface area contributed by atoms with Gasteiger partial charge in [0.15, 0.2) is 11.5 Å². The molecule has 1 aliphatic carbocycles. The van der Waals surface area contributed by atoms with Gasteiger partial charge in [0, 0.05) is 18.7 Å². The molecule has 42 heavy (non-hydrogen) atoms. The van der Waals surface area contributed by atoms with E-state index in [1.54, 1.807) is 31.2 Å². The van der Waals surface area contributed by atoms with Crippen LogP contribution < -0.4 is 19.1 Å². The lowest BCUT2D eigenvalue weighted by Gasteiger charge is -2.32. The van der Waals surface area contributed by atoms with Crippen LogP contribution in [-0.4, -0.2) is 58.0 Å². The molecular formula is C32H39N3O6S. The average Bonchev–Trinajstić information content (AvgIpc) is 3.51. The van der Waals surface area contributed by atoms with Crippen molar-refractivity contribution in [1.82, 2.24) is 10.2 Å². The number of nitrogens with zero attached hydrogens (tertiary/aromatic N) is 2. The van der Waals surface area contributed by atoms with Crippen LogP contribution in [0.15, 0.2) is 77.7 Å². The van der Waals surface area contributed by atoms with Gasteiger partial charge in [-0.1, -0.05) is 60.9 Å². The molecule has 10 heteroatoms. The van der Waals surface area contributed by atoms with Gasteiger partial charge in [-0.3, -0.25) is 13.9 Å². The third-order valence-corrected chi connectivity index (χ3v) is 9.40. The standard InChI is InChI=1S/C32H39N3O6S/c1-23-14-17-28(18-15-23)42(38,39)35(27-16-19-29(40-3)30(20-27)41-4)22-31(36)34(21-25-10-6-5-7-11-25)24(2)32(37)33-26-12-8-9-13-26/h5-7,10-11,14-20,24,26H,8-9,12-13,21-22H2,1-4H3,(H,33,37)/t24-/m0/s1. The van der Waals surface area contributed by atoms with Gasteiger partial charge >= 0.3 is 0 Å². The maximum absolute atomic E-state index is 14.1. The van der Waals surface area contributed by atoms with Crippen molar-refractivity contribution < 1.29 is 27.5 Å². The van der Waals surface area contributed by atoms with Crippen molar-refractivity contribution in [1.29, 1.82) is 0 Å². The Kier molecular flexibility index (Phi) is 10.1. The van der Waals surface area contributed by atoms with Crippen LogP contribution in [-0.2, 0) is 26.2 Å². The van der Waals surface area contributed by atoms with Crippen LogP contribution >= 0.6 is 0 Å². The smallest absolute Gasteiger partial charge is 0.264 e. The third kappa shape index (κ3) is 7.23. The van der Waals surface area contributed by atoms with E-state index in [0.717, 1.165) is 41.1 Å². The molecule has 224 valence electrons. The molecule has 0 heterocycles. The highest BCUT2D eigenvalue weighted by Gasteiger charge is 2.33. The van der Waals surface area contributed by atoms with Crippen LogP contribution in [0.3, 0.4) is 0 Å². The van der Waals surface area contributed by atoms with Crippen molar-refractivity contribution in [2.24, 2.45) is 0 Å². The molecular weight excluding hydrogens is 554 g/mol. The van der Waals surface area contributed by atoms with Crippen LogP contribution in [0.5, 0.6) is 11.5 Å². The second-order valence-corrected chi connectivity index (χ2v) is 12.4. The number of rotatable bonds is 12. The number of carbonyl (C=O) groups excluding carboxylic acids is 2. The molecule has 1 fully saturated rings. The summed E-state index contributed by atoms with van der Waals surface area (Å²) in [5.41, 5.74) is 1.95. The monoisotopic (exact) mass is 593 g/mol. The van der Waals surface area contributed by atoms with Crippen LogP contribution in [0.4, 0.5) is 5.69 Å². The summed E-state index contributed by atoms with van der Waals surface area (Å²) >= 11 is 0. The van der Waals surface area contributed by atoms with E-state index < -0.39 is 28.5 Å². The summed E-state index contributed by atoms with van der Waals surface area (Å²) in [5, 5.41) is 3.08. The molecule has 1 N–H and O–H groups in total. The molecule has 0 spiro atoms. The van der Waals surface area contributed by atoms with E-state index in [1.165, 1.54) is 37.3 Å². The summed E-state index contributed by atoms with van der Waals surface area (Å²) < 4.78 is 39.9. The minimum absolute atomic E-state index is 0.0392. The van der Waals surface area contributed by atoms with Gasteiger partial charge in [-0.05, 0) is 56.5 Å². The number of amides is 2. The molecule has 4 rings (SSSR count). The van der Waals surface area contributed by atoms with Crippen molar-refractivity contribution in [2.45, 2.75) is 63.1 Å². The Morgan fingerprint density at radius 3 is 2.19 bits per heavy atom. The van der Waals surface area contributed by atoms with Gasteiger partial charge < -0.3 is 19.7 Å². The van der Waals surface area contributed by atoms with Gasteiger partial charge in [0.2, 0.25) is 11.8 Å². The lowest BCUT2D eigenvalue weighted by Crippen LogP contribution is -2.52. The number of carbonyl (C=O) groups is 2. The zero-order valence-corrected chi connectivity index (χ0v) is 25.4. The summed E-state index contributed by atoms with van der Waals surface area (Å²) in [6.45, 7) is 3.16. The predicted molar refractivity (Wildman–Crippen MR) is 162 cm³/mol. The van der Waals surface area contributed by atoms with E-state index in [-0.39, 0.29) is 29.1 Å². The number of hydrogen-bond acceptors (Lipinski definition) is 6. The van der Waals surface area contributed by atoms with Crippen LogP contribution in [0.25, 0.3) is 0 Å². The van der Waals surface area contributed by atoms with Gasteiger partial charge in [-0.25, -0.2) is 8.42 Å². The third-order valence-electron chi connectivity index (χ3n) is 7.61.